The standard InChI is InChI=1S/C13H22N4OS/c1-4-14-12-17-16-11(19-12)10(18)15-9-6-5-7-13(2,3)8-9/h9H,4-8H2,1-3H3,(H,14,17)(H,15,18). The zero-order valence-corrected chi connectivity index (χ0v) is 12.6. The molecule has 0 aromatic carbocycles. The van der Waals surface area contributed by atoms with Crippen molar-refractivity contribution in [2.24, 2.45) is 5.41 Å². The topological polar surface area (TPSA) is 66.9 Å². The molecule has 0 radical (unpaired) electrons. The van der Waals surface area contributed by atoms with E-state index in [0.717, 1.165) is 19.4 Å². The van der Waals surface area contributed by atoms with E-state index in [1.54, 1.807) is 0 Å². The molecule has 0 bridgehead atoms. The number of amides is 1. The molecule has 1 unspecified atom stereocenters. The first-order valence-electron chi connectivity index (χ1n) is 6.88. The third kappa shape index (κ3) is 3.89. The summed E-state index contributed by atoms with van der Waals surface area (Å²) in [5.41, 5.74) is 0.326. The number of nitrogens with one attached hydrogen (secondary N) is 2. The summed E-state index contributed by atoms with van der Waals surface area (Å²) in [5.74, 6) is -0.0932. The molecule has 19 heavy (non-hydrogen) atoms. The van der Waals surface area contributed by atoms with Crippen molar-refractivity contribution in [2.45, 2.75) is 52.5 Å². The molecule has 6 heteroatoms. The van der Waals surface area contributed by atoms with Gasteiger partial charge in [-0.15, -0.1) is 10.2 Å². The van der Waals surface area contributed by atoms with E-state index < -0.39 is 0 Å². The first kappa shape index (κ1) is 14.2. The predicted molar refractivity (Wildman–Crippen MR) is 77.6 cm³/mol. The van der Waals surface area contributed by atoms with Crippen LogP contribution < -0.4 is 10.6 Å². The molecule has 0 aliphatic heterocycles. The number of carbonyl (C=O) groups is 1. The molecular formula is C13H22N4OS. The molecule has 106 valence electrons. The Bertz CT molecular complexity index is 444. The number of rotatable bonds is 4. The average Bonchev–Trinajstić information content (AvgIpc) is 2.77. The number of carbonyl (C=O) groups excluding carboxylic acids is 1. The van der Waals surface area contributed by atoms with E-state index in [4.69, 9.17) is 0 Å². The van der Waals surface area contributed by atoms with Gasteiger partial charge in [0.2, 0.25) is 10.1 Å². The maximum Gasteiger partial charge on any atom is 0.282 e. The summed E-state index contributed by atoms with van der Waals surface area (Å²) >= 11 is 1.31. The lowest BCUT2D eigenvalue weighted by Gasteiger charge is -2.35. The van der Waals surface area contributed by atoms with Crippen LogP contribution in [0.3, 0.4) is 0 Å². The van der Waals surface area contributed by atoms with Crippen molar-refractivity contribution in [3.05, 3.63) is 5.01 Å². The molecule has 5 nitrogen and oxygen atoms in total. The lowest BCUT2D eigenvalue weighted by atomic mass is 9.75. The van der Waals surface area contributed by atoms with Gasteiger partial charge in [-0.3, -0.25) is 4.79 Å². The van der Waals surface area contributed by atoms with E-state index in [0.29, 0.717) is 15.6 Å². The second-order valence-electron chi connectivity index (χ2n) is 5.87. The van der Waals surface area contributed by atoms with Crippen LogP contribution in [0.25, 0.3) is 0 Å². The minimum atomic E-state index is -0.0932. The number of nitrogens with zero attached hydrogens (tertiary/aromatic N) is 2. The second-order valence-corrected chi connectivity index (χ2v) is 6.85. The van der Waals surface area contributed by atoms with Crippen molar-refractivity contribution < 1.29 is 4.79 Å². The molecule has 1 aliphatic carbocycles. The third-order valence-corrected chi connectivity index (χ3v) is 4.37. The summed E-state index contributed by atoms with van der Waals surface area (Å²) < 4.78 is 0. The van der Waals surface area contributed by atoms with E-state index in [9.17, 15) is 4.79 Å². The zero-order chi connectivity index (χ0) is 13.9. The van der Waals surface area contributed by atoms with Crippen molar-refractivity contribution in [2.75, 3.05) is 11.9 Å². The Morgan fingerprint density at radius 1 is 1.47 bits per heavy atom. The lowest BCUT2D eigenvalue weighted by molar-refractivity contribution is 0.0901. The Morgan fingerprint density at radius 2 is 2.26 bits per heavy atom. The van der Waals surface area contributed by atoms with E-state index in [1.165, 1.54) is 24.2 Å². The second kappa shape index (κ2) is 5.86. The van der Waals surface area contributed by atoms with Crippen molar-refractivity contribution in [1.82, 2.24) is 15.5 Å². The van der Waals surface area contributed by atoms with Crippen LogP contribution in [0, 0.1) is 5.41 Å². The highest BCUT2D eigenvalue weighted by atomic mass is 32.1. The summed E-state index contributed by atoms with van der Waals surface area (Å²) in [5, 5.41) is 15.2. The van der Waals surface area contributed by atoms with Crippen LogP contribution in [0.5, 0.6) is 0 Å². The molecule has 1 aliphatic rings. The molecule has 0 saturated heterocycles. The third-order valence-electron chi connectivity index (χ3n) is 3.49. The van der Waals surface area contributed by atoms with E-state index in [2.05, 4.69) is 34.7 Å². The van der Waals surface area contributed by atoms with Crippen LogP contribution in [0.4, 0.5) is 5.13 Å². The average molecular weight is 282 g/mol. The van der Waals surface area contributed by atoms with Gasteiger partial charge in [0.1, 0.15) is 0 Å². The first-order chi connectivity index (χ1) is 9.00. The molecule has 1 saturated carbocycles. The Labute approximate surface area is 118 Å². The molecule has 1 aromatic heterocycles. The fourth-order valence-electron chi connectivity index (χ4n) is 2.61. The molecule has 1 amide bonds. The quantitative estimate of drug-likeness (QED) is 0.891. The van der Waals surface area contributed by atoms with Crippen LogP contribution in [0.15, 0.2) is 0 Å². The number of hydrogen-bond donors (Lipinski definition) is 2. The van der Waals surface area contributed by atoms with Gasteiger partial charge in [-0.1, -0.05) is 31.6 Å². The van der Waals surface area contributed by atoms with E-state index in [-0.39, 0.29) is 11.9 Å². The molecule has 0 spiro atoms. The predicted octanol–water partition coefficient (Wildman–Crippen LogP) is 2.67. The zero-order valence-electron chi connectivity index (χ0n) is 11.8. The summed E-state index contributed by atoms with van der Waals surface area (Å²) in [4.78, 5) is 12.1. The van der Waals surface area contributed by atoms with Crippen molar-refractivity contribution in [1.29, 1.82) is 0 Å². The Balaban J connectivity index is 1.92. The van der Waals surface area contributed by atoms with Crippen molar-refractivity contribution >= 4 is 22.4 Å². The maximum atomic E-state index is 12.1. The van der Waals surface area contributed by atoms with Gasteiger partial charge in [0.05, 0.1) is 0 Å². The van der Waals surface area contributed by atoms with Gasteiger partial charge in [0, 0.05) is 12.6 Å². The number of hydrogen-bond acceptors (Lipinski definition) is 5. The van der Waals surface area contributed by atoms with Crippen LogP contribution in [0.1, 0.15) is 56.3 Å². The summed E-state index contributed by atoms with van der Waals surface area (Å²) in [6, 6.07) is 0.266. The minimum absolute atomic E-state index is 0.0932. The van der Waals surface area contributed by atoms with Crippen LogP contribution in [-0.4, -0.2) is 28.7 Å². The van der Waals surface area contributed by atoms with E-state index in [1.807, 2.05) is 6.92 Å². The van der Waals surface area contributed by atoms with Crippen molar-refractivity contribution in [3.8, 4) is 0 Å². The van der Waals surface area contributed by atoms with Gasteiger partial charge in [0.15, 0.2) is 0 Å². The summed E-state index contributed by atoms with van der Waals surface area (Å²) in [6.45, 7) is 7.30. The van der Waals surface area contributed by atoms with E-state index >= 15 is 0 Å². The molecule has 1 atom stereocenters. The SMILES string of the molecule is CCNc1nnc(C(=O)NC2CCCC(C)(C)C2)s1. The largest absolute Gasteiger partial charge is 0.360 e. The minimum Gasteiger partial charge on any atom is -0.360 e. The Hall–Kier alpha value is -1.17. The van der Waals surface area contributed by atoms with Gasteiger partial charge < -0.3 is 10.6 Å². The Kier molecular flexibility index (Phi) is 4.39. The van der Waals surface area contributed by atoms with Gasteiger partial charge in [-0.05, 0) is 31.6 Å². The smallest absolute Gasteiger partial charge is 0.282 e. The molecular weight excluding hydrogens is 260 g/mol. The molecule has 1 fully saturated rings. The summed E-state index contributed by atoms with van der Waals surface area (Å²) in [6.07, 6.45) is 4.52. The van der Waals surface area contributed by atoms with Gasteiger partial charge >= 0.3 is 0 Å². The molecule has 1 heterocycles. The fourth-order valence-corrected chi connectivity index (χ4v) is 3.32. The van der Waals surface area contributed by atoms with Crippen LogP contribution in [-0.2, 0) is 0 Å². The van der Waals surface area contributed by atoms with Gasteiger partial charge in [-0.25, -0.2) is 0 Å². The molecule has 1 aromatic rings. The lowest BCUT2D eigenvalue weighted by Crippen LogP contribution is -2.40. The first-order valence-corrected chi connectivity index (χ1v) is 7.70. The Morgan fingerprint density at radius 3 is 2.95 bits per heavy atom. The van der Waals surface area contributed by atoms with Gasteiger partial charge in [-0.2, -0.15) is 0 Å². The number of aromatic nitrogens is 2. The molecule has 2 rings (SSSR count). The highest BCUT2D eigenvalue weighted by Gasteiger charge is 2.29. The van der Waals surface area contributed by atoms with Crippen molar-refractivity contribution in [3.63, 3.8) is 0 Å². The maximum absolute atomic E-state index is 12.1. The summed E-state index contributed by atoms with van der Waals surface area (Å²) in [7, 11) is 0. The van der Waals surface area contributed by atoms with Crippen LogP contribution in [0.2, 0.25) is 0 Å². The molecule has 2 N–H and O–H groups in total. The normalized spacial score (nSPS) is 21.9. The van der Waals surface area contributed by atoms with Gasteiger partial charge in [0.25, 0.3) is 5.91 Å². The number of anilines is 1. The fraction of sp³-hybridized carbons (Fsp3) is 0.769. The highest BCUT2D eigenvalue weighted by Crippen LogP contribution is 2.35. The monoisotopic (exact) mass is 282 g/mol. The van der Waals surface area contributed by atoms with Crippen LogP contribution >= 0.6 is 11.3 Å². The highest BCUT2D eigenvalue weighted by molar-refractivity contribution is 7.17.